The number of carbonyl (C=O) groups excluding carboxylic acids is 1. The van der Waals surface area contributed by atoms with Gasteiger partial charge in [-0.1, -0.05) is 91.8 Å². The maximum atomic E-state index is 13.0. The molecule has 2 aliphatic rings. The van der Waals surface area contributed by atoms with Gasteiger partial charge < -0.3 is 19.7 Å². The van der Waals surface area contributed by atoms with Gasteiger partial charge in [-0.2, -0.15) is 0 Å². The largest absolute Gasteiger partial charge is 0.465 e. The quantitative estimate of drug-likeness (QED) is 0.596. The van der Waals surface area contributed by atoms with Crippen molar-refractivity contribution in [1.82, 2.24) is 4.90 Å². The van der Waals surface area contributed by atoms with E-state index < -0.39 is 49.3 Å². The van der Waals surface area contributed by atoms with Gasteiger partial charge in [0.05, 0.1) is 24.3 Å². The molecule has 188 valence electrons. The zero-order valence-corrected chi connectivity index (χ0v) is 21.6. The van der Waals surface area contributed by atoms with Gasteiger partial charge in [0.1, 0.15) is 0 Å². The molecular formula is C27H35NO6Si. The van der Waals surface area contributed by atoms with Crippen LogP contribution in [0, 0.1) is 0 Å². The summed E-state index contributed by atoms with van der Waals surface area (Å²) >= 11 is 0. The van der Waals surface area contributed by atoms with Crippen LogP contribution in [0.25, 0.3) is 0 Å². The number of amides is 2. The number of aliphatic hydroxyl groups excluding tert-OH is 1. The molecule has 0 aliphatic carbocycles. The average Bonchev–Trinajstić information content (AvgIpc) is 3.16. The van der Waals surface area contributed by atoms with Gasteiger partial charge in [0.15, 0.2) is 14.4 Å². The predicted octanol–water partition coefficient (Wildman–Crippen LogP) is 3.14. The molecule has 2 saturated heterocycles. The van der Waals surface area contributed by atoms with Gasteiger partial charge in [0.2, 0.25) is 5.91 Å². The van der Waals surface area contributed by atoms with Gasteiger partial charge in [0.25, 0.3) is 0 Å². The van der Waals surface area contributed by atoms with Crippen molar-refractivity contribution in [3.63, 3.8) is 0 Å². The molecule has 2 N–H and O–H groups in total. The van der Waals surface area contributed by atoms with Crippen molar-refractivity contribution in [2.75, 3.05) is 6.61 Å². The number of benzene rings is 2. The summed E-state index contributed by atoms with van der Waals surface area (Å²) in [5, 5.41) is 24.0. The molecule has 2 fully saturated rings. The lowest BCUT2D eigenvalue weighted by Crippen LogP contribution is -2.76. The summed E-state index contributed by atoms with van der Waals surface area (Å²) in [6.07, 6.45) is -0.212. The first-order valence-corrected chi connectivity index (χ1v) is 14.4. The molecule has 8 heteroatoms. The Kier molecular flexibility index (Phi) is 7.47. The summed E-state index contributed by atoms with van der Waals surface area (Å²) in [6.45, 7) is 6.83. The summed E-state index contributed by atoms with van der Waals surface area (Å²) in [5.74, 6) is -0.555. The Morgan fingerprint density at radius 1 is 1.06 bits per heavy atom. The Hall–Kier alpha value is -2.52. The minimum absolute atomic E-state index is 0.105. The van der Waals surface area contributed by atoms with E-state index in [9.17, 15) is 19.8 Å². The molecule has 35 heavy (non-hydrogen) atoms. The van der Waals surface area contributed by atoms with Crippen LogP contribution in [0.3, 0.4) is 0 Å². The normalized spacial score (nSPS) is 24.4. The maximum absolute atomic E-state index is 13.0. The van der Waals surface area contributed by atoms with Crippen molar-refractivity contribution in [1.29, 1.82) is 0 Å². The highest BCUT2D eigenvalue weighted by Crippen LogP contribution is 2.42. The van der Waals surface area contributed by atoms with E-state index >= 15 is 0 Å². The van der Waals surface area contributed by atoms with Crippen LogP contribution >= 0.6 is 0 Å². The molecule has 2 aliphatic heterocycles. The topological polar surface area (TPSA) is 96.3 Å². The van der Waals surface area contributed by atoms with Gasteiger partial charge in [-0.15, -0.1) is 0 Å². The molecule has 2 aromatic carbocycles. The number of carbonyl (C=O) groups is 2. The van der Waals surface area contributed by atoms with E-state index in [1.807, 2.05) is 60.7 Å². The minimum atomic E-state index is -3.17. The van der Waals surface area contributed by atoms with E-state index in [2.05, 4.69) is 20.8 Å². The number of carboxylic acid groups (broad SMARTS) is 1. The number of rotatable bonds is 6. The number of hydrogen-bond donors (Lipinski definition) is 2. The lowest BCUT2D eigenvalue weighted by molar-refractivity contribution is -0.194. The molecule has 0 saturated carbocycles. The second-order valence-corrected chi connectivity index (χ2v) is 15.3. The molecule has 0 bridgehead atoms. The van der Waals surface area contributed by atoms with Crippen LogP contribution in [-0.4, -0.2) is 66.0 Å². The zero-order valence-electron chi connectivity index (χ0n) is 20.6. The molecule has 0 spiro atoms. The second-order valence-electron chi connectivity index (χ2n) is 10.4. The van der Waals surface area contributed by atoms with Gasteiger partial charge in [0, 0.05) is 6.61 Å². The standard InChI is InChI=1S/C27H35NO6Si/c1-27(2,3)35(19-12-6-4-7-13-19,20-14-8-5-9-15-20)25(30)24-21(18-22(29)28(24)26(31)32)34-23-16-10-11-17-33-23/h4-9,12-15,21,23-25,30H,10-11,16-18H2,1-3H3,(H,31,32)/t21-,23?,24-,25?/m1/s1. The Morgan fingerprint density at radius 3 is 2.09 bits per heavy atom. The van der Waals surface area contributed by atoms with E-state index in [0.29, 0.717) is 13.0 Å². The monoisotopic (exact) mass is 497 g/mol. The first-order chi connectivity index (χ1) is 16.7. The molecule has 2 aromatic rings. The first-order valence-electron chi connectivity index (χ1n) is 12.3. The van der Waals surface area contributed by atoms with Gasteiger partial charge in [-0.3, -0.25) is 4.79 Å². The van der Waals surface area contributed by atoms with Crippen LogP contribution in [0.4, 0.5) is 4.79 Å². The summed E-state index contributed by atoms with van der Waals surface area (Å²) in [4.78, 5) is 26.1. The first kappa shape index (κ1) is 25.6. The van der Waals surface area contributed by atoms with Crippen LogP contribution in [0.1, 0.15) is 46.5 Å². The fourth-order valence-corrected chi connectivity index (χ4v) is 11.9. The fraction of sp³-hybridized carbons (Fsp3) is 0.481. The molecule has 4 rings (SSSR count). The van der Waals surface area contributed by atoms with Crippen molar-refractivity contribution in [2.24, 2.45) is 0 Å². The Balaban J connectivity index is 1.88. The fourth-order valence-electron chi connectivity index (χ4n) is 5.92. The third-order valence-electron chi connectivity index (χ3n) is 7.40. The van der Waals surface area contributed by atoms with Crippen LogP contribution in [0.15, 0.2) is 60.7 Å². The van der Waals surface area contributed by atoms with E-state index in [-0.39, 0.29) is 6.42 Å². The Bertz CT molecular complexity index is 979. The van der Waals surface area contributed by atoms with Crippen LogP contribution < -0.4 is 10.4 Å². The average molecular weight is 498 g/mol. The van der Waals surface area contributed by atoms with E-state index in [4.69, 9.17) is 9.47 Å². The molecule has 0 radical (unpaired) electrons. The summed E-state index contributed by atoms with van der Waals surface area (Å²) in [7, 11) is -3.17. The predicted molar refractivity (Wildman–Crippen MR) is 135 cm³/mol. The number of hydrogen-bond acceptors (Lipinski definition) is 5. The molecule has 4 atom stereocenters. The number of likely N-dealkylation sites (tertiary alicyclic amines) is 1. The lowest BCUT2D eigenvalue weighted by atomic mass is 10.1. The summed E-state index contributed by atoms with van der Waals surface area (Å²) < 4.78 is 12.0. The van der Waals surface area contributed by atoms with Crippen LogP contribution in [0.2, 0.25) is 5.04 Å². The Morgan fingerprint density at radius 2 is 1.63 bits per heavy atom. The van der Waals surface area contributed by atoms with E-state index in [1.54, 1.807) is 0 Å². The van der Waals surface area contributed by atoms with Crippen molar-refractivity contribution < 1.29 is 29.3 Å². The van der Waals surface area contributed by atoms with E-state index in [1.165, 1.54) is 0 Å². The second kappa shape index (κ2) is 10.2. The minimum Gasteiger partial charge on any atom is -0.465 e. The zero-order chi connectivity index (χ0) is 25.2. The summed E-state index contributed by atoms with van der Waals surface area (Å²) in [5.41, 5.74) is -1.15. The number of imide groups is 1. The smallest absolute Gasteiger partial charge is 0.414 e. The maximum Gasteiger partial charge on any atom is 0.414 e. The highest BCUT2D eigenvalue weighted by molar-refractivity contribution is 7.05. The van der Waals surface area contributed by atoms with Crippen molar-refractivity contribution in [3.05, 3.63) is 60.7 Å². The SMILES string of the molecule is CC(C)(C)[Si](c1ccccc1)(c1ccccc1)C(O)[C@H]1[C@H](OC2CCCCO2)CC(=O)N1C(=O)O. The van der Waals surface area contributed by atoms with Crippen LogP contribution in [-0.2, 0) is 14.3 Å². The molecule has 2 heterocycles. The van der Waals surface area contributed by atoms with Gasteiger partial charge in [-0.05, 0) is 24.3 Å². The highest BCUT2D eigenvalue weighted by Gasteiger charge is 2.61. The summed E-state index contributed by atoms with van der Waals surface area (Å²) in [6, 6.07) is 18.6. The van der Waals surface area contributed by atoms with Crippen molar-refractivity contribution in [2.45, 2.75) is 75.7 Å². The number of nitrogens with zero attached hydrogens (tertiary/aromatic N) is 1. The molecule has 2 amide bonds. The van der Waals surface area contributed by atoms with Gasteiger partial charge in [-0.25, -0.2) is 9.69 Å². The lowest BCUT2D eigenvalue weighted by Gasteiger charge is -2.50. The Labute approximate surface area is 207 Å². The van der Waals surface area contributed by atoms with Crippen LogP contribution in [0.5, 0.6) is 0 Å². The third-order valence-corrected chi connectivity index (χ3v) is 13.5. The van der Waals surface area contributed by atoms with Gasteiger partial charge >= 0.3 is 6.09 Å². The van der Waals surface area contributed by atoms with Crippen molar-refractivity contribution in [3.8, 4) is 0 Å². The number of ether oxygens (including phenoxy) is 2. The number of aliphatic hydroxyl groups is 1. The molecule has 2 unspecified atom stereocenters. The molecule has 0 aromatic heterocycles. The third kappa shape index (κ3) is 4.68. The molecular weight excluding hydrogens is 462 g/mol. The van der Waals surface area contributed by atoms with Crippen molar-refractivity contribution >= 4 is 30.4 Å². The van der Waals surface area contributed by atoms with E-state index in [0.717, 1.165) is 28.1 Å². The molecule has 7 nitrogen and oxygen atoms in total. The highest BCUT2D eigenvalue weighted by atomic mass is 28.3.